The van der Waals surface area contributed by atoms with E-state index >= 15 is 0 Å². The number of carboxylic acid groups (broad SMARTS) is 1. The van der Waals surface area contributed by atoms with Crippen molar-refractivity contribution in [2.75, 3.05) is 18.5 Å². The Labute approximate surface area is 159 Å². The summed E-state index contributed by atoms with van der Waals surface area (Å²) in [7, 11) is 0. The fraction of sp³-hybridized carbons (Fsp3) is 0.263. The smallest absolute Gasteiger partial charge is 0.306 e. The molecular formula is C19H16ClNO6. The number of hydrogen-bond acceptors (Lipinski definition) is 5. The molecule has 2 aliphatic rings. The minimum Gasteiger partial charge on any atom is -0.486 e. The van der Waals surface area contributed by atoms with Crippen LogP contribution in [0.1, 0.15) is 23.7 Å². The molecule has 2 atom stereocenters. The molecule has 8 heteroatoms. The summed E-state index contributed by atoms with van der Waals surface area (Å²) in [4.78, 5) is 23.7. The van der Waals surface area contributed by atoms with Crippen LogP contribution in [0.15, 0.2) is 36.4 Å². The van der Waals surface area contributed by atoms with Gasteiger partial charge in [-0.3, -0.25) is 9.59 Å². The summed E-state index contributed by atoms with van der Waals surface area (Å²) in [6.07, 6.45) is -2.38. The highest BCUT2D eigenvalue weighted by Gasteiger charge is 2.35. The molecule has 2 aliphatic heterocycles. The van der Waals surface area contributed by atoms with Crippen molar-refractivity contribution in [2.24, 2.45) is 0 Å². The van der Waals surface area contributed by atoms with E-state index in [0.29, 0.717) is 46.5 Å². The van der Waals surface area contributed by atoms with Crippen LogP contribution in [0, 0.1) is 0 Å². The molecular weight excluding hydrogens is 374 g/mol. The van der Waals surface area contributed by atoms with Gasteiger partial charge in [0.1, 0.15) is 25.4 Å². The van der Waals surface area contributed by atoms with Crippen LogP contribution in [0.3, 0.4) is 0 Å². The Bertz CT molecular complexity index is 915. The van der Waals surface area contributed by atoms with Crippen LogP contribution in [0.25, 0.3) is 0 Å². The molecule has 2 aromatic carbocycles. The van der Waals surface area contributed by atoms with Crippen molar-refractivity contribution < 1.29 is 28.9 Å². The highest BCUT2D eigenvalue weighted by molar-refractivity contribution is 6.30. The summed E-state index contributed by atoms with van der Waals surface area (Å²) in [5.41, 5.74) is 1.77. The number of carbonyl (C=O) groups excluding carboxylic acids is 1. The Balaban J connectivity index is 1.85. The van der Waals surface area contributed by atoms with E-state index in [1.165, 1.54) is 0 Å². The summed E-state index contributed by atoms with van der Waals surface area (Å²) in [5.74, 6) is -0.564. The number of aliphatic carboxylic acids is 1. The average molecular weight is 390 g/mol. The number of ether oxygens (including phenoxy) is 3. The minimum absolute atomic E-state index is 0.384. The van der Waals surface area contributed by atoms with Crippen LogP contribution >= 0.6 is 11.6 Å². The molecule has 0 aliphatic carbocycles. The summed E-state index contributed by atoms with van der Waals surface area (Å²) in [5, 5.41) is 12.4. The lowest BCUT2D eigenvalue weighted by molar-refractivity contribution is -0.146. The summed E-state index contributed by atoms with van der Waals surface area (Å²) in [6.45, 7) is 0.820. The molecule has 1 amide bonds. The van der Waals surface area contributed by atoms with Gasteiger partial charge in [-0.25, -0.2) is 0 Å². The van der Waals surface area contributed by atoms with Gasteiger partial charge in [0.15, 0.2) is 11.5 Å². The number of carbonyl (C=O) groups is 2. The maximum Gasteiger partial charge on any atom is 0.306 e. The topological polar surface area (TPSA) is 94.1 Å². The Morgan fingerprint density at radius 1 is 1.19 bits per heavy atom. The zero-order chi connectivity index (χ0) is 19.0. The number of benzene rings is 2. The van der Waals surface area contributed by atoms with Crippen molar-refractivity contribution in [2.45, 2.75) is 18.6 Å². The van der Waals surface area contributed by atoms with Crippen LogP contribution in [0.5, 0.6) is 11.5 Å². The lowest BCUT2D eigenvalue weighted by atomic mass is 9.98. The maximum absolute atomic E-state index is 12.5. The second-order valence-electron chi connectivity index (χ2n) is 6.19. The summed E-state index contributed by atoms with van der Waals surface area (Å²) < 4.78 is 17.4. The van der Waals surface area contributed by atoms with E-state index in [1.807, 2.05) is 0 Å². The largest absolute Gasteiger partial charge is 0.486 e. The van der Waals surface area contributed by atoms with Gasteiger partial charge in [-0.1, -0.05) is 23.7 Å². The van der Waals surface area contributed by atoms with Crippen molar-refractivity contribution in [1.29, 1.82) is 0 Å². The monoisotopic (exact) mass is 389 g/mol. The van der Waals surface area contributed by atoms with Crippen molar-refractivity contribution in [3.8, 4) is 11.5 Å². The molecule has 0 bridgehead atoms. The highest BCUT2D eigenvalue weighted by atomic mass is 35.5. The highest BCUT2D eigenvalue weighted by Crippen LogP contribution is 2.44. The predicted molar refractivity (Wildman–Crippen MR) is 96.5 cm³/mol. The number of halogens is 1. The quantitative estimate of drug-likeness (QED) is 0.838. The van der Waals surface area contributed by atoms with E-state index in [0.717, 1.165) is 0 Å². The number of fused-ring (bicyclic) bond motifs is 2. The van der Waals surface area contributed by atoms with Gasteiger partial charge in [-0.15, -0.1) is 0 Å². The van der Waals surface area contributed by atoms with Crippen LogP contribution < -0.4 is 14.8 Å². The first kappa shape index (κ1) is 17.6. The molecule has 2 aromatic rings. The van der Waals surface area contributed by atoms with E-state index in [4.69, 9.17) is 30.9 Å². The van der Waals surface area contributed by atoms with Crippen molar-refractivity contribution >= 4 is 29.2 Å². The van der Waals surface area contributed by atoms with E-state index in [2.05, 4.69) is 5.32 Å². The molecule has 7 nitrogen and oxygen atoms in total. The molecule has 140 valence electrons. The molecule has 2 unspecified atom stereocenters. The fourth-order valence-electron chi connectivity index (χ4n) is 3.22. The predicted octanol–water partition coefficient (Wildman–Crippen LogP) is 3.01. The number of nitrogens with one attached hydrogen (secondary N) is 1. The second kappa shape index (κ2) is 7.09. The number of rotatable bonds is 3. The zero-order valence-corrected chi connectivity index (χ0v) is 14.9. The van der Waals surface area contributed by atoms with Gasteiger partial charge in [0.05, 0.1) is 6.42 Å². The Hall–Kier alpha value is -2.77. The molecule has 0 radical (unpaired) electrons. The van der Waals surface area contributed by atoms with E-state index < -0.39 is 30.5 Å². The lowest BCUT2D eigenvalue weighted by Gasteiger charge is -2.26. The Morgan fingerprint density at radius 2 is 2.00 bits per heavy atom. The van der Waals surface area contributed by atoms with Crippen LogP contribution in [0.2, 0.25) is 5.02 Å². The second-order valence-corrected chi connectivity index (χ2v) is 6.63. The van der Waals surface area contributed by atoms with Gasteiger partial charge >= 0.3 is 5.97 Å². The summed E-state index contributed by atoms with van der Waals surface area (Å²) in [6, 6.07) is 10.4. The van der Waals surface area contributed by atoms with Crippen molar-refractivity contribution in [3.05, 3.63) is 52.5 Å². The molecule has 0 saturated heterocycles. The van der Waals surface area contributed by atoms with E-state index in [1.54, 1.807) is 36.4 Å². The number of carboxylic acids is 1. The summed E-state index contributed by atoms with van der Waals surface area (Å²) >= 11 is 6.16. The Morgan fingerprint density at radius 3 is 2.81 bits per heavy atom. The standard InChI is InChI=1S/C19H16ClNO6/c20-10-4-5-13-12(8-10)17(27-15(9-16(22)23)19(24)21-13)11-2-1-3-14-18(11)26-7-6-25-14/h1-5,8,15,17H,6-7,9H2,(H,21,24)(H,22,23). The van der Waals surface area contributed by atoms with Gasteiger partial charge in [-0.05, 0) is 24.3 Å². The third kappa shape index (κ3) is 3.43. The third-order valence-electron chi connectivity index (χ3n) is 4.39. The SMILES string of the molecule is O=C(O)CC1OC(c2cccc3c2OCCO3)c2cc(Cl)ccc2NC1=O. The van der Waals surface area contributed by atoms with Crippen molar-refractivity contribution in [1.82, 2.24) is 0 Å². The Kier molecular flexibility index (Phi) is 4.63. The van der Waals surface area contributed by atoms with E-state index in [-0.39, 0.29) is 0 Å². The lowest BCUT2D eigenvalue weighted by Crippen LogP contribution is -2.31. The van der Waals surface area contributed by atoms with Crippen molar-refractivity contribution in [3.63, 3.8) is 0 Å². The minimum atomic E-state index is -1.17. The van der Waals surface area contributed by atoms with Gasteiger partial charge < -0.3 is 24.6 Å². The number of amides is 1. The number of para-hydroxylation sites is 1. The number of anilines is 1. The van der Waals surface area contributed by atoms with Gasteiger partial charge in [0, 0.05) is 21.8 Å². The number of hydrogen-bond donors (Lipinski definition) is 2. The zero-order valence-electron chi connectivity index (χ0n) is 14.1. The molecule has 2 heterocycles. The molecule has 0 aromatic heterocycles. The average Bonchev–Trinajstić information content (AvgIpc) is 2.78. The molecule has 4 rings (SSSR count). The normalized spacial score (nSPS) is 21.0. The molecule has 27 heavy (non-hydrogen) atoms. The van der Waals surface area contributed by atoms with Crippen LogP contribution in [0.4, 0.5) is 5.69 Å². The molecule has 0 saturated carbocycles. The van der Waals surface area contributed by atoms with Crippen LogP contribution in [-0.4, -0.2) is 36.3 Å². The first-order valence-corrected chi connectivity index (χ1v) is 8.77. The first-order chi connectivity index (χ1) is 13.0. The third-order valence-corrected chi connectivity index (χ3v) is 4.62. The fourth-order valence-corrected chi connectivity index (χ4v) is 3.40. The van der Waals surface area contributed by atoms with Crippen LogP contribution in [-0.2, 0) is 14.3 Å². The maximum atomic E-state index is 12.5. The molecule has 0 fully saturated rings. The molecule has 2 N–H and O–H groups in total. The molecule has 0 spiro atoms. The van der Waals surface area contributed by atoms with Gasteiger partial charge in [0.25, 0.3) is 5.91 Å². The van der Waals surface area contributed by atoms with Gasteiger partial charge in [-0.2, -0.15) is 0 Å². The van der Waals surface area contributed by atoms with Gasteiger partial charge in [0.2, 0.25) is 0 Å². The van der Waals surface area contributed by atoms with E-state index in [9.17, 15) is 9.59 Å². The first-order valence-electron chi connectivity index (χ1n) is 8.39.